The van der Waals surface area contributed by atoms with E-state index in [9.17, 15) is 4.79 Å². The van der Waals surface area contributed by atoms with Gasteiger partial charge in [-0.25, -0.2) is 0 Å². The Labute approximate surface area is 122 Å². The molecular weight excluding hydrogens is 256 g/mol. The molecule has 112 valence electrons. The third-order valence-corrected chi connectivity index (χ3v) is 5.11. The number of thioether (sulfide) groups is 1. The SMILES string of the molecule is CCCC1(C(=O)N(C)C(C)CCSC)CCNCC1. The monoisotopic (exact) mass is 286 g/mol. The van der Waals surface area contributed by atoms with Crippen molar-refractivity contribution in [1.29, 1.82) is 0 Å². The summed E-state index contributed by atoms with van der Waals surface area (Å²) in [6, 6.07) is 0.351. The lowest BCUT2D eigenvalue weighted by atomic mass is 9.74. The molecule has 0 saturated carbocycles. The minimum absolute atomic E-state index is 0.0949. The Balaban J connectivity index is 2.69. The summed E-state index contributed by atoms with van der Waals surface area (Å²) in [5.41, 5.74) is -0.0949. The third kappa shape index (κ3) is 4.38. The minimum atomic E-state index is -0.0949. The van der Waals surface area contributed by atoms with Crippen molar-refractivity contribution < 1.29 is 4.79 Å². The van der Waals surface area contributed by atoms with E-state index in [4.69, 9.17) is 0 Å². The first-order valence-corrected chi connectivity index (χ1v) is 8.93. The van der Waals surface area contributed by atoms with Crippen molar-refractivity contribution in [3.8, 4) is 0 Å². The highest BCUT2D eigenvalue weighted by molar-refractivity contribution is 7.98. The van der Waals surface area contributed by atoms with E-state index in [-0.39, 0.29) is 5.41 Å². The molecule has 0 aromatic carbocycles. The second kappa shape index (κ2) is 8.15. The first-order chi connectivity index (χ1) is 9.07. The second-order valence-corrected chi connectivity index (χ2v) is 6.81. The molecule has 19 heavy (non-hydrogen) atoms. The number of piperidine rings is 1. The predicted octanol–water partition coefficient (Wildman–Crippen LogP) is 2.76. The van der Waals surface area contributed by atoms with Crippen molar-refractivity contribution in [2.75, 3.05) is 32.1 Å². The second-order valence-electron chi connectivity index (χ2n) is 5.83. The standard InChI is InChI=1S/C15H30N2OS/c1-5-7-15(8-10-16-11-9-15)14(18)17(3)13(2)6-12-19-4/h13,16H,5-12H2,1-4H3. The van der Waals surface area contributed by atoms with Crippen molar-refractivity contribution in [1.82, 2.24) is 10.2 Å². The zero-order valence-corrected chi connectivity index (χ0v) is 13.8. The summed E-state index contributed by atoms with van der Waals surface area (Å²) >= 11 is 1.86. The van der Waals surface area contributed by atoms with Gasteiger partial charge in [0.2, 0.25) is 5.91 Å². The number of hydrogen-bond acceptors (Lipinski definition) is 3. The van der Waals surface area contributed by atoms with Gasteiger partial charge in [0.15, 0.2) is 0 Å². The molecule has 1 heterocycles. The van der Waals surface area contributed by atoms with E-state index < -0.39 is 0 Å². The summed E-state index contributed by atoms with van der Waals surface area (Å²) in [7, 11) is 1.99. The third-order valence-electron chi connectivity index (χ3n) is 4.46. The summed E-state index contributed by atoms with van der Waals surface area (Å²) in [4.78, 5) is 14.9. The average molecular weight is 286 g/mol. The molecule has 1 atom stereocenters. The van der Waals surface area contributed by atoms with Gasteiger partial charge in [0.1, 0.15) is 0 Å². The Hall–Kier alpha value is -0.220. The summed E-state index contributed by atoms with van der Waals surface area (Å²) in [6.45, 7) is 6.33. The van der Waals surface area contributed by atoms with Crippen molar-refractivity contribution in [3.63, 3.8) is 0 Å². The van der Waals surface area contributed by atoms with E-state index in [1.54, 1.807) is 0 Å². The fourth-order valence-corrected chi connectivity index (χ4v) is 3.59. The van der Waals surface area contributed by atoms with Crippen LogP contribution in [0.25, 0.3) is 0 Å². The Morgan fingerprint density at radius 1 is 1.42 bits per heavy atom. The molecule has 0 aliphatic carbocycles. The highest BCUT2D eigenvalue weighted by Crippen LogP contribution is 2.36. The van der Waals surface area contributed by atoms with Crippen molar-refractivity contribution in [3.05, 3.63) is 0 Å². The van der Waals surface area contributed by atoms with Gasteiger partial charge in [-0.15, -0.1) is 0 Å². The van der Waals surface area contributed by atoms with Crippen LogP contribution >= 0.6 is 11.8 Å². The first kappa shape index (κ1) is 16.8. The topological polar surface area (TPSA) is 32.3 Å². The number of carbonyl (C=O) groups excluding carboxylic acids is 1. The van der Waals surface area contributed by atoms with E-state index in [2.05, 4.69) is 25.4 Å². The van der Waals surface area contributed by atoms with Crippen molar-refractivity contribution >= 4 is 17.7 Å². The van der Waals surface area contributed by atoms with Crippen LogP contribution in [0.3, 0.4) is 0 Å². The number of hydrogen-bond donors (Lipinski definition) is 1. The van der Waals surface area contributed by atoms with E-state index in [0.717, 1.165) is 50.9 Å². The van der Waals surface area contributed by atoms with Crippen LogP contribution in [-0.2, 0) is 4.79 Å². The molecule has 0 aromatic heterocycles. The van der Waals surface area contributed by atoms with E-state index >= 15 is 0 Å². The van der Waals surface area contributed by atoms with Gasteiger partial charge in [0.05, 0.1) is 5.41 Å². The maximum absolute atomic E-state index is 12.9. The molecule has 1 aliphatic heterocycles. The van der Waals surface area contributed by atoms with Crippen LogP contribution in [0.2, 0.25) is 0 Å². The van der Waals surface area contributed by atoms with Crippen LogP contribution in [-0.4, -0.2) is 49.0 Å². The Kier molecular flexibility index (Phi) is 7.22. The van der Waals surface area contributed by atoms with Gasteiger partial charge in [-0.2, -0.15) is 11.8 Å². The zero-order valence-electron chi connectivity index (χ0n) is 13.0. The summed E-state index contributed by atoms with van der Waals surface area (Å²) < 4.78 is 0. The predicted molar refractivity (Wildman–Crippen MR) is 84.7 cm³/mol. The smallest absolute Gasteiger partial charge is 0.228 e. The van der Waals surface area contributed by atoms with Crippen LogP contribution in [0.1, 0.15) is 46.0 Å². The Morgan fingerprint density at radius 3 is 2.58 bits per heavy atom. The highest BCUT2D eigenvalue weighted by Gasteiger charge is 2.41. The van der Waals surface area contributed by atoms with Crippen LogP contribution in [0.4, 0.5) is 0 Å². The lowest BCUT2D eigenvalue weighted by molar-refractivity contribution is -0.145. The van der Waals surface area contributed by atoms with Gasteiger partial charge in [-0.3, -0.25) is 4.79 Å². The average Bonchev–Trinajstić information content (AvgIpc) is 2.44. The quantitative estimate of drug-likeness (QED) is 0.781. The molecule has 1 saturated heterocycles. The van der Waals surface area contributed by atoms with Crippen LogP contribution < -0.4 is 5.32 Å². The molecule has 0 aromatic rings. The molecular formula is C15H30N2OS. The number of amides is 1. The molecule has 1 N–H and O–H groups in total. The number of carbonyl (C=O) groups is 1. The molecule has 1 amide bonds. The zero-order chi connectivity index (χ0) is 14.3. The number of nitrogens with zero attached hydrogens (tertiary/aromatic N) is 1. The lowest BCUT2D eigenvalue weighted by Crippen LogP contribution is -2.50. The minimum Gasteiger partial charge on any atom is -0.343 e. The Bertz CT molecular complexity index is 272. The normalized spacial score (nSPS) is 20.0. The van der Waals surface area contributed by atoms with Gasteiger partial charge in [-0.05, 0) is 57.7 Å². The summed E-state index contributed by atoms with van der Waals surface area (Å²) in [5, 5.41) is 3.38. The fraction of sp³-hybridized carbons (Fsp3) is 0.933. The van der Waals surface area contributed by atoms with Crippen LogP contribution in [0.5, 0.6) is 0 Å². The van der Waals surface area contributed by atoms with Gasteiger partial charge in [-0.1, -0.05) is 13.3 Å². The number of rotatable bonds is 7. The van der Waals surface area contributed by atoms with E-state index in [1.165, 1.54) is 0 Å². The summed E-state index contributed by atoms with van der Waals surface area (Å²) in [5.74, 6) is 1.51. The fourth-order valence-electron chi connectivity index (χ4n) is 3.01. The maximum Gasteiger partial charge on any atom is 0.228 e. The van der Waals surface area contributed by atoms with Gasteiger partial charge in [0, 0.05) is 13.1 Å². The van der Waals surface area contributed by atoms with E-state index in [0.29, 0.717) is 11.9 Å². The maximum atomic E-state index is 12.9. The first-order valence-electron chi connectivity index (χ1n) is 7.54. The van der Waals surface area contributed by atoms with Crippen molar-refractivity contribution in [2.45, 2.75) is 52.0 Å². The van der Waals surface area contributed by atoms with Gasteiger partial charge < -0.3 is 10.2 Å². The molecule has 0 spiro atoms. The van der Waals surface area contributed by atoms with Gasteiger partial charge >= 0.3 is 0 Å². The Morgan fingerprint density at radius 2 is 2.05 bits per heavy atom. The molecule has 3 nitrogen and oxygen atoms in total. The largest absolute Gasteiger partial charge is 0.343 e. The molecule has 0 bridgehead atoms. The van der Waals surface area contributed by atoms with Crippen molar-refractivity contribution in [2.24, 2.45) is 5.41 Å². The molecule has 1 fully saturated rings. The molecule has 1 rings (SSSR count). The van der Waals surface area contributed by atoms with Crippen LogP contribution in [0, 0.1) is 5.41 Å². The van der Waals surface area contributed by atoms with Crippen LogP contribution in [0.15, 0.2) is 0 Å². The highest BCUT2D eigenvalue weighted by atomic mass is 32.2. The van der Waals surface area contributed by atoms with Gasteiger partial charge in [0.25, 0.3) is 0 Å². The van der Waals surface area contributed by atoms with E-state index in [1.807, 2.05) is 23.7 Å². The lowest BCUT2D eigenvalue weighted by Gasteiger charge is -2.40. The molecule has 1 unspecified atom stereocenters. The molecule has 0 radical (unpaired) electrons. The molecule has 1 aliphatic rings. The summed E-state index contributed by atoms with van der Waals surface area (Å²) in [6.07, 6.45) is 7.34. The number of nitrogens with one attached hydrogen (secondary N) is 1. The molecule has 4 heteroatoms.